The van der Waals surface area contributed by atoms with E-state index in [1.807, 2.05) is 68.9 Å². The summed E-state index contributed by atoms with van der Waals surface area (Å²) in [5, 5.41) is 1.53. The monoisotopic (exact) mass is 384 g/mol. The first-order chi connectivity index (χ1) is 10.9. The fraction of sp³-hybridized carbons (Fsp3) is 0.400. The highest BCUT2D eigenvalue weighted by Crippen LogP contribution is 2.32. The molecule has 2 aromatic rings. The maximum atomic E-state index is 5.77. The molecule has 0 saturated carbocycles. The molecular weight excluding hydrogens is 359 g/mol. The minimum atomic E-state index is -0.145. The van der Waals surface area contributed by atoms with Crippen LogP contribution in [0.25, 0.3) is 0 Å². The molecule has 2 aromatic carbocycles. The number of ether oxygens (including phenoxy) is 1. The number of benzene rings is 2. The Morgan fingerprint density at radius 2 is 1.12 bits per heavy atom. The molecule has 24 heavy (non-hydrogen) atoms. The van der Waals surface area contributed by atoms with E-state index in [2.05, 4.69) is 32.9 Å². The molecule has 1 nitrogen and oxygen atoms in total. The maximum absolute atomic E-state index is 5.77. The van der Waals surface area contributed by atoms with Crippen molar-refractivity contribution in [1.82, 2.24) is 0 Å². The molecule has 0 heterocycles. The van der Waals surface area contributed by atoms with E-state index in [1.165, 1.54) is 4.90 Å². The van der Waals surface area contributed by atoms with Crippen LogP contribution in [-0.4, -0.2) is 10.3 Å². The van der Waals surface area contributed by atoms with Gasteiger partial charge in [-0.15, -0.1) is 11.8 Å². The Labute approximate surface area is 160 Å². The van der Waals surface area contributed by atoms with Gasteiger partial charge in [-0.1, -0.05) is 44.0 Å². The second-order valence-electron chi connectivity index (χ2n) is 7.34. The Morgan fingerprint density at radius 1 is 0.708 bits per heavy atom. The normalized spacial score (nSPS) is 11.5. The summed E-state index contributed by atoms with van der Waals surface area (Å²) in [6.07, 6.45) is 0. The molecule has 0 N–H and O–H groups in total. The minimum Gasteiger partial charge on any atom is -0.488 e. The van der Waals surface area contributed by atoms with E-state index in [-0.39, 0.29) is 10.3 Å². The van der Waals surface area contributed by atoms with Crippen molar-refractivity contribution >= 4 is 35.0 Å². The topological polar surface area (TPSA) is 9.23 Å². The van der Waals surface area contributed by atoms with Gasteiger partial charge in [0.25, 0.3) is 0 Å². The lowest BCUT2D eigenvalue weighted by Gasteiger charge is -2.21. The second kappa shape index (κ2) is 9.03. The van der Waals surface area contributed by atoms with Crippen molar-refractivity contribution in [3.8, 4) is 5.75 Å². The largest absolute Gasteiger partial charge is 0.488 e. The molecule has 0 radical (unpaired) electrons. The molecule has 0 aliphatic heterocycles. The minimum absolute atomic E-state index is 0.145. The van der Waals surface area contributed by atoms with E-state index in [4.69, 9.17) is 27.9 Å². The molecule has 0 bridgehead atoms. The Hall–Kier alpha value is -0.830. The van der Waals surface area contributed by atoms with Crippen LogP contribution < -0.4 is 4.74 Å². The van der Waals surface area contributed by atoms with Crippen molar-refractivity contribution in [2.45, 2.75) is 56.8 Å². The fourth-order valence-corrected chi connectivity index (χ4v) is 2.94. The van der Waals surface area contributed by atoms with Crippen LogP contribution in [0.5, 0.6) is 5.75 Å². The molecule has 2 rings (SSSR count). The number of hydrogen-bond acceptors (Lipinski definition) is 2. The van der Waals surface area contributed by atoms with Crippen LogP contribution in [0.2, 0.25) is 10.0 Å². The van der Waals surface area contributed by atoms with Gasteiger partial charge in [0, 0.05) is 19.7 Å². The van der Waals surface area contributed by atoms with Crippen LogP contribution >= 0.6 is 35.0 Å². The predicted molar refractivity (Wildman–Crippen MR) is 109 cm³/mol. The zero-order valence-corrected chi connectivity index (χ0v) is 17.5. The molecule has 0 amide bonds. The summed E-state index contributed by atoms with van der Waals surface area (Å²) in [6.45, 7) is 12.6. The summed E-state index contributed by atoms with van der Waals surface area (Å²) < 4.78 is 5.87. The molecule has 0 aliphatic rings. The lowest BCUT2D eigenvalue weighted by atomic mass is 10.2. The summed E-state index contributed by atoms with van der Waals surface area (Å²) in [5.41, 5.74) is -0.145. The van der Waals surface area contributed by atoms with Crippen molar-refractivity contribution in [2.75, 3.05) is 0 Å². The highest BCUT2D eigenvalue weighted by molar-refractivity contribution is 8.00. The Morgan fingerprint density at radius 3 is 1.50 bits per heavy atom. The molecule has 4 heteroatoms. The molecule has 132 valence electrons. The van der Waals surface area contributed by atoms with Gasteiger partial charge in [-0.05, 0) is 69.3 Å². The van der Waals surface area contributed by atoms with Crippen LogP contribution in [0.15, 0.2) is 53.4 Å². The maximum Gasteiger partial charge on any atom is 0.120 e. The number of halogens is 2. The lowest BCUT2D eigenvalue weighted by Crippen LogP contribution is -2.22. The summed E-state index contributed by atoms with van der Waals surface area (Å²) in [7, 11) is 0. The van der Waals surface area contributed by atoms with Crippen molar-refractivity contribution in [1.29, 1.82) is 0 Å². The first kappa shape index (κ1) is 21.2. The van der Waals surface area contributed by atoms with E-state index in [0.717, 1.165) is 15.8 Å². The lowest BCUT2D eigenvalue weighted by molar-refractivity contribution is 0.131. The van der Waals surface area contributed by atoms with Gasteiger partial charge in [0.05, 0.1) is 0 Å². The molecule has 0 aliphatic carbocycles. The Kier molecular flexibility index (Phi) is 7.98. The van der Waals surface area contributed by atoms with Crippen LogP contribution in [-0.2, 0) is 0 Å². The molecule has 0 unspecified atom stereocenters. The van der Waals surface area contributed by atoms with E-state index in [1.54, 1.807) is 0 Å². The average molecular weight is 385 g/mol. The molecule has 0 spiro atoms. The molecular formula is C20H26Cl2OS. The van der Waals surface area contributed by atoms with Gasteiger partial charge >= 0.3 is 0 Å². The fourth-order valence-electron chi connectivity index (χ4n) is 1.71. The van der Waals surface area contributed by atoms with Gasteiger partial charge in [-0.2, -0.15) is 0 Å². The Balaban J connectivity index is 0.000000240. The third-order valence-electron chi connectivity index (χ3n) is 2.48. The summed E-state index contributed by atoms with van der Waals surface area (Å²) in [6, 6.07) is 15.3. The van der Waals surface area contributed by atoms with Crippen LogP contribution in [0.3, 0.4) is 0 Å². The van der Waals surface area contributed by atoms with E-state index < -0.39 is 0 Å². The van der Waals surface area contributed by atoms with Crippen LogP contribution in [0.4, 0.5) is 0 Å². The highest BCUT2D eigenvalue weighted by Gasteiger charge is 2.11. The second-order valence-corrected chi connectivity index (χ2v) is 10.1. The van der Waals surface area contributed by atoms with Crippen molar-refractivity contribution in [2.24, 2.45) is 0 Å². The van der Waals surface area contributed by atoms with Gasteiger partial charge in [-0.3, -0.25) is 0 Å². The van der Waals surface area contributed by atoms with Crippen molar-refractivity contribution < 1.29 is 4.74 Å². The predicted octanol–water partition coefficient (Wildman–Crippen LogP) is 7.75. The van der Waals surface area contributed by atoms with Crippen molar-refractivity contribution in [3.63, 3.8) is 0 Å². The highest BCUT2D eigenvalue weighted by atomic mass is 35.5. The van der Waals surface area contributed by atoms with E-state index in [9.17, 15) is 0 Å². The summed E-state index contributed by atoms with van der Waals surface area (Å²) in [5.74, 6) is 0.854. The first-order valence-electron chi connectivity index (χ1n) is 7.84. The van der Waals surface area contributed by atoms with Gasteiger partial charge in [0.15, 0.2) is 0 Å². The molecule has 0 atom stereocenters. The summed E-state index contributed by atoms with van der Waals surface area (Å²) >= 11 is 13.4. The van der Waals surface area contributed by atoms with Crippen LogP contribution in [0, 0.1) is 0 Å². The van der Waals surface area contributed by atoms with Crippen LogP contribution in [0.1, 0.15) is 41.5 Å². The molecule has 0 aromatic heterocycles. The van der Waals surface area contributed by atoms with Gasteiger partial charge in [0.1, 0.15) is 11.4 Å². The van der Waals surface area contributed by atoms with Gasteiger partial charge in [-0.25, -0.2) is 0 Å². The first-order valence-corrected chi connectivity index (χ1v) is 9.41. The number of hydrogen-bond donors (Lipinski definition) is 0. The third-order valence-corrected chi connectivity index (χ3v) is 4.10. The van der Waals surface area contributed by atoms with E-state index >= 15 is 0 Å². The average Bonchev–Trinajstić information content (AvgIpc) is 2.42. The SMILES string of the molecule is CC(C)(C)Oc1ccc(Cl)cc1.CC(C)(C)Sc1ccc(Cl)cc1. The molecule has 0 saturated heterocycles. The quantitative estimate of drug-likeness (QED) is 0.489. The molecule has 0 fully saturated rings. The van der Waals surface area contributed by atoms with E-state index in [0.29, 0.717) is 0 Å². The van der Waals surface area contributed by atoms with Gasteiger partial charge < -0.3 is 4.74 Å². The number of thioether (sulfide) groups is 1. The van der Waals surface area contributed by atoms with Gasteiger partial charge in [0.2, 0.25) is 0 Å². The zero-order chi connectivity index (χ0) is 18.4. The zero-order valence-electron chi connectivity index (χ0n) is 15.2. The standard InChI is InChI=1S/C10H13ClO.C10H13ClS/c2*1-10(2,3)12-9-6-4-8(11)5-7-9/h2*4-7H,1-3H3. The summed E-state index contributed by atoms with van der Waals surface area (Å²) in [4.78, 5) is 1.27. The third kappa shape index (κ3) is 10.1. The van der Waals surface area contributed by atoms with Crippen molar-refractivity contribution in [3.05, 3.63) is 58.6 Å². The Bertz CT molecular complexity index is 551. The number of rotatable bonds is 2. The smallest absolute Gasteiger partial charge is 0.120 e.